The highest BCUT2D eigenvalue weighted by Crippen LogP contribution is 2.48. The first kappa shape index (κ1) is 20.3. The number of nitrogens with one attached hydrogen (secondary N) is 1. The summed E-state index contributed by atoms with van der Waals surface area (Å²) in [6.45, 7) is 8.32. The highest BCUT2D eigenvalue weighted by molar-refractivity contribution is 6.06. The Morgan fingerprint density at radius 3 is 2.67 bits per heavy atom. The number of ketones is 1. The van der Waals surface area contributed by atoms with E-state index < -0.39 is 6.04 Å². The van der Waals surface area contributed by atoms with Gasteiger partial charge in [-0.15, -0.1) is 0 Å². The van der Waals surface area contributed by atoms with Crippen molar-refractivity contribution in [2.24, 2.45) is 11.3 Å². The Labute approximate surface area is 178 Å². The normalized spacial score (nSPS) is 20.4. The lowest BCUT2D eigenvalue weighted by atomic mass is 9.73. The third-order valence-electron chi connectivity index (χ3n) is 5.75. The van der Waals surface area contributed by atoms with E-state index in [2.05, 4.69) is 24.1 Å². The molecule has 1 aromatic carbocycles. The fourth-order valence-electron chi connectivity index (χ4n) is 4.56. The molecule has 5 heteroatoms. The molecule has 1 amide bonds. The molecule has 2 aromatic rings. The smallest absolute Gasteiger partial charge is 0.228 e. The molecule has 1 unspecified atom stereocenters. The first-order valence-corrected chi connectivity index (χ1v) is 10.6. The Morgan fingerprint density at radius 2 is 1.97 bits per heavy atom. The summed E-state index contributed by atoms with van der Waals surface area (Å²) in [5.41, 5.74) is 3.99. The van der Waals surface area contributed by atoms with Crippen LogP contribution < -0.4 is 10.2 Å². The molecule has 1 aliphatic heterocycles. The zero-order valence-electron chi connectivity index (χ0n) is 18.1. The van der Waals surface area contributed by atoms with Crippen LogP contribution in [-0.2, 0) is 9.59 Å². The maximum absolute atomic E-state index is 13.6. The average molecular weight is 404 g/mol. The molecule has 0 saturated carbocycles. The average Bonchev–Trinajstić information content (AvgIpc) is 2.81. The summed E-state index contributed by atoms with van der Waals surface area (Å²) >= 11 is 0. The van der Waals surface area contributed by atoms with Crippen LogP contribution in [0.3, 0.4) is 0 Å². The predicted molar refractivity (Wildman–Crippen MR) is 119 cm³/mol. The van der Waals surface area contributed by atoms with Gasteiger partial charge >= 0.3 is 0 Å². The fourth-order valence-corrected chi connectivity index (χ4v) is 4.56. The number of para-hydroxylation sites is 2. The third kappa shape index (κ3) is 3.76. The van der Waals surface area contributed by atoms with Gasteiger partial charge in [-0.3, -0.25) is 19.5 Å². The molecule has 0 bridgehead atoms. The molecule has 1 N–H and O–H groups in total. The number of hydrogen-bond donors (Lipinski definition) is 1. The summed E-state index contributed by atoms with van der Waals surface area (Å²) in [6, 6.07) is 11.2. The highest BCUT2D eigenvalue weighted by atomic mass is 16.2. The molecule has 2 heterocycles. The van der Waals surface area contributed by atoms with Gasteiger partial charge in [0.25, 0.3) is 0 Å². The Balaban J connectivity index is 1.98. The Bertz CT molecular complexity index is 1010. The van der Waals surface area contributed by atoms with Crippen molar-refractivity contribution in [2.75, 3.05) is 10.2 Å². The number of benzene rings is 1. The number of anilines is 2. The van der Waals surface area contributed by atoms with Crippen molar-refractivity contribution in [3.8, 4) is 0 Å². The van der Waals surface area contributed by atoms with E-state index in [1.807, 2.05) is 55.1 Å². The quantitative estimate of drug-likeness (QED) is 0.758. The summed E-state index contributed by atoms with van der Waals surface area (Å²) in [6.07, 6.45) is 5.12. The zero-order valence-corrected chi connectivity index (χ0v) is 18.1. The molecule has 1 aromatic heterocycles. The second-order valence-electron chi connectivity index (χ2n) is 9.53. The number of amides is 1. The van der Waals surface area contributed by atoms with E-state index in [1.165, 1.54) is 0 Å². The molecule has 1 aliphatic carbocycles. The number of hydrogen-bond acceptors (Lipinski definition) is 4. The van der Waals surface area contributed by atoms with E-state index in [0.717, 1.165) is 29.1 Å². The lowest BCUT2D eigenvalue weighted by Crippen LogP contribution is -2.40. The number of allylic oxidation sites excluding steroid dienone is 1. The lowest BCUT2D eigenvalue weighted by Gasteiger charge is -2.37. The molecule has 30 heavy (non-hydrogen) atoms. The van der Waals surface area contributed by atoms with Crippen LogP contribution in [0.15, 0.2) is 60.1 Å². The standard InChI is InChI=1S/C25H29N3O2/c1-16(2)12-22(30)28-20-10-6-5-9-18(20)27-19-13-25(3,4)14-21(29)23(19)24(28)17-8-7-11-26-15-17/h5-11,15-16,24,27H,12-14H2,1-4H3. The van der Waals surface area contributed by atoms with E-state index in [-0.39, 0.29) is 23.0 Å². The topological polar surface area (TPSA) is 62.3 Å². The van der Waals surface area contributed by atoms with Gasteiger partial charge in [0, 0.05) is 36.5 Å². The van der Waals surface area contributed by atoms with Crippen LogP contribution in [0.1, 0.15) is 58.6 Å². The molecular weight excluding hydrogens is 374 g/mol. The van der Waals surface area contributed by atoms with Crippen LogP contribution in [0.25, 0.3) is 0 Å². The Hall–Kier alpha value is -2.95. The van der Waals surface area contributed by atoms with E-state index in [9.17, 15) is 9.59 Å². The number of aromatic nitrogens is 1. The molecule has 0 saturated heterocycles. The molecule has 0 radical (unpaired) electrons. The largest absolute Gasteiger partial charge is 0.357 e. The van der Waals surface area contributed by atoms with E-state index in [0.29, 0.717) is 18.4 Å². The fraction of sp³-hybridized carbons (Fsp3) is 0.400. The second-order valence-corrected chi connectivity index (χ2v) is 9.53. The van der Waals surface area contributed by atoms with Gasteiger partial charge in [-0.1, -0.05) is 45.9 Å². The van der Waals surface area contributed by atoms with Crippen LogP contribution in [0.4, 0.5) is 11.4 Å². The van der Waals surface area contributed by atoms with Crippen molar-refractivity contribution in [1.29, 1.82) is 0 Å². The molecule has 4 rings (SSSR count). The van der Waals surface area contributed by atoms with Crippen LogP contribution in [-0.4, -0.2) is 16.7 Å². The maximum Gasteiger partial charge on any atom is 0.228 e. The minimum Gasteiger partial charge on any atom is -0.357 e. The van der Waals surface area contributed by atoms with Crippen molar-refractivity contribution in [3.63, 3.8) is 0 Å². The number of carbonyl (C=O) groups is 2. The van der Waals surface area contributed by atoms with E-state index >= 15 is 0 Å². The Kier molecular flexibility index (Phi) is 5.22. The van der Waals surface area contributed by atoms with Gasteiger partial charge in [0.2, 0.25) is 5.91 Å². The van der Waals surface area contributed by atoms with Gasteiger partial charge in [-0.2, -0.15) is 0 Å². The molecule has 0 fully saturated rings. The maximum atomic E-state index is 13.6. The number of Topliss-reactive ketones (excluding diaryl/α,β-unsaturated/α-hetero) is 1. The first-order chi connectivity index (χ1) is 14.3. The number of fused-ring (bicyclic) bond motifs is 1. The monoisotopic (exact) mass is 403 g/mol. The van der Waals surface area contributed by atoms with Crippen LogP contribution in [0.5, 0.6) is 0 Å². The van der Waals surface area contributed by atoms with Crippen molar-refractivity contribution < 1.29 is 9.59 Å². The highest BCUT2D eigenvalue weighted by Gasteiger charge is 2.43. The summed E-state index contributed by atoms with van der Waals surface area (Å²) in [5.74, 6) is 0.321. The number of pyridine rings is 1. The molecule has 156 valence electrons. The SMILES string of the molecule is CC(C)CC(=O)N1c2ccccc2NC2=C(C(=O)CC(C)(C)C2)C1c1cccnc1. The number of carbonyl (C=O) groups excluding carboxylic acids is 2. The number of rotatable bonds is 3. The van der Waals surface area contributed by atoms with E-state index in [4.69, 9.17) is 0 Å². The van der Waals surface area contributed by atoms with Crippen LogP contribution in [0, 0.1) is 11.3 Å². The van der Waals surface area contributed by atoms with E-state index in [1.54, 1.807) is 12.4 Å². The molecule has 1 atom stereocenters. The van der Waals surface area contributed by atoms with Gasteiger partial charge in [0.1, 0.15) is 0 Å². The third-order valence-corrected chi connectivity index (χ3v) is 5.75. The molecule has 5 nitrogen and oxygen atoms in total. The van der Waals surface area contributed by atoms with Crippen molar-refractivity contribution >= 4 is 23.1 Å². The molecule has 0 spiro atoms. The zero-order chi connectivity index (χ0) is 21.5. The summed E-state index contributed by atoms with van der Waals surface area (Å²) < 4.78 is 0. The van der Waals surface area contributed by atoms with Gasteiger partial charge in [0.05, 0.1) is 17.4 Å². The molecular formula is C25H29N3O2. The van der Waals surface area contributed by atoms with Crippen LogP contribution in [0.2, 0.25) is 0 Å². The minimum absolute atomic E-state index is 0.0134. The summed E-state index contributed by atoms with van der Waals surface area (Å²) in [4.78, 5) is 33.1. The van der Waals surface area contributed by atoms with Gasteiger partial charge < -0.3 is 5.32 Å². The van der Waals surface area contributed by atoms with Crippen LogP contribution >= 0.6 is 0 Å². The van der Waals surface area contributed by atoms with Crippen molar-refractivity contribution in [1.82, 2.24) is 4.98 Å². The first-order valence-electron chi connectivity index (χ1n) is 10.6. The lowest BCUT2D eigenvalue weighted by molar-refractivity contribution is -0.120. The summed E-state index contributed by atoms with van der Waals surface area (Å²) in [7, 11) is 0. The minimum atomic E-state index is -0.486. The molecule has 2 aliphatic rings. The predicted octanol–water partition coefficient (Wildman–Crippen LogP) is 5.27. The van der Waals surface area contributed by atoms with Crippen molar-refractivity contribution in [2.45, 2.75) is 53.0 Å². The van der Waals surface area contributed by atoms with Gasteiger partial charge in [0.15, 0.2) is 5.78 Å². The number of nitrogens with zero attached hydrogens (tertiary/aromatic N) is 2. The van der Waals surface area contributed by atoms with Crippen molar-refractivity contribution in [3.05, 3.63) is 65.6 Å². The van der Waals surface area contributed by atoms with Gasteiger partial charge in [-0.05, 0) is 41.5 Å². The van der Waals surface area contributed by atoms with Gasteiger partial charge in [-0.25, -0.2) is 0 Å². The summed E-state index contributed by atoms with van der Waals surface area (Å²) in [5, 5.41) is 3.53. The second kappa shape index (κ2) is 7.71. The Morgan fingerprint density at radius 1 is 1.20 bits per heavy atom.